The molecule has 1 saturated carbocycles. The molecule has 2 N–H and O–H groups in total. The van der Waals surface area contributed by atoms with Crippen molar-refractivity contribution in [3.05, 3.63) is 12.2 Å². The molecule has 0 bridgehead atoms. The lowest BCUT2D eigenvalue weighted by atomic mass is 9.96. The normalized spacial score (nSPS) is 17.8. The van der Waals surface area contributed by atoms with Gasteiger partial charge < -0.3 is 10.6 Å². The number of aryl methyl sites for hydroxylation is 1. The highest BCUT2D eigenvalue weighted by molar-refractivity contribution is 5.79. The molecule has 0 amide bonds. The van der Waals surface area contributed by atoms with E-state index in [0.717, 1.165) is 11.8 Å². The number of rotatable bonds is 3. The van der Waals surface area contributed by atoms with Crippen LogP contribution in [-0.4, -0.2) is 33.8 Å². The smallest absolute Gasteiger partial charge is 0.191 e. The zero-order valence-electron chi connectivity index (χ0n) is 11.2. The maximum Gasteiger partial charge on any atom is 0.191 e. The predicted molar refractivity (Wildman–Crippen MR) is 71.2 cm³/mol. The van der Waals surface area contributed by atoms with Gasteiger partial charge in [0, 0.05) is 20.1 Å². The van der Waals surface area contributed by atoms with Crippen molar-refractivity contribution in [1.29, 1.82) is 0 Å². The van der Waals surface area contributed by atoms with Crippen LogP contribution in [0.1, 0.15) is 37.9 Å². The van der Waals surface area contributed by atoms with E-state index in [-0.39, 0.29) is 0 Å². The molecule has 2 rings (SSSR count). The van der Waals surface area contributed by atoms with Crippen LogP contribution in [0.3, 0.4) is 0 Å². The number of nitrogens with one attached hydrogen (secondary N) is 2. The maximum absolute atomic E-state index is 4.25. The molecule has 1 aromatic rings. The number of nitrogens with zero attached hydrogens (tertiary/aromatic N) is 4. The Hall–Kier alpha value is -1.59. The lowest BCUT2D eigenvalue weighted by molar-refractivity contribution is 0.409. The summed E-state index contributed by atoms with van der Waals surface area (Å²) in [5.74, 6) is 1.76. The molecule has 1 fully saturated rings. The molecule has 0 atom stereocenters. The average molecular weight is 250 g/mol. The molecule has 0 radical (unpaired) electrons. The van der Waals surface area contributed by atoms with Gasteiger partial charge in [-0.3, -0.25) is 9.67 Å². The highest BCUT2D eigenvalue weighted by Crippen LogP contribution is 2.17. The topological polar surface area (TPSA) is 67.1 Å². The van der Waals surface area contributed by atoms with Crippen molar-refractivity contribution in [2.24, 2.45) is 12.0 Å². The SMILES string of the molecule is CN=C(NCc1ncnn1C)NC1CCCCC1. The van der Waals surface area contributed by atoms with Crippen LogP contribution in [0.15, 0.2) is 11.3 Å². The van der Waals surface area contributed by atoms with Crippen LogP contribution in [0.4, 0.5) is 0 Å². The second kappa shape index (κ2) is 6.37. The Kier molecular flexibility index (Phi) is 4.55. The molecule has 0 saturated heterocycles. The van der Waals surface area contributed by atoms with Gasteiger partial charge in [0.05, 0.1) is 6.54 Å². The fourth-order valence-corrected chi connectivity index (χ4v) is 2.28. The molecule has 100 valence electrons. The van der Waals surface area contributed by atoms with Gasteiger partial charge in [-0.15, -0.1) is 0 Å². The monoisotopic (exact) mass is 250 g/mol. The Balaban J connectivity index is 1.80. The van der Waals surface area contributed by atoms with Crippen LogP contribution < -0.4 is 10.6 Å². The quantitative estimate of drug-likeness (QED) is 0.615. The summed E-state index contributed by atoms with van der Waals surface area (Å²) in [6.07, 6.45) is 8.04. The summed E-state index contributed by atoms with van der Waals surface area (Å²) in [6.45, 7) is 0.642. The molecule has 0 aliphatic heterocycles. The maximum atomic E-state index is 4.25. The molecule has 1 aliphatic carbocycles. The zero-order chi connectivity index (χ0) is 12.8. The Labute approximate surface area is 108 Å². The number of hydrogen-bond acceptors (Lipinski definition) is 3. The third-order valence-electron chi connectivity index (χ3n) is 3.39. The summed E-state index contributed by atoms with van der Waals surface area (Å²) < 4.78 is 1.76. The van der Waals surface area contributed by atoms with Crippen molar-refractivity contribution in [3.63, 3.8) is 0 Å². The summed E-state index contributed by atoms with van der Waals surface area (Å²) in [5, 5.41) is 10.8. The van der Waals surface area contributed by atoms with Gasteiger partial charge in [-0.2, -0.15) is 5.10 Å². The van der Waals surface area contributed by atoms with E-state index in [2.05, 4.69) is 25.7 Å². The molecule has 1 aromatic heterocycles. The highest BCUT2D eigenvalue weighted by atomic mass is 15.3. The van der Waals surface area contributed by atoms with Crippen molar-refractivity contribution in [2.45, 2.75) is 44.7 Å². The summed E-state index contributed by atoms with van der Waals surface area (Å²) in [4.78, 5) is 8.42. The third kappa shape index (κ3) is 3.45. The molecule has 1 heterocycles. The van der Waals surface area contributed by atoms with Gasteiger partial charge in [-0.1, -0.05) is 19.3 Å². The molecule has 0 spiro atoms. The van der Waals surface area contributed by atoms with E-state index in [1.807, 2.05) is 7.05 Å². The average Bonchev–Trinajstić information content (AvgIpc) is 2.81. The molecule has 6 nitrogen and oxygen atoms in total. The van der Waals surface area contributed by atoms with E-state index in [1.165, 1.54) is 32.1 Å². The summed E-state index contributed by atoms with van der Waals surface area (Å²) in [5.41, 5.74) is 0. The molecule has 18 heavy (non-hydrogen) atoms. The van der Waals surface area contributed by atoms with E-state index >= 15 is 0 Å². The van der Waals surface area contributed by atoms with Gasteiger partial charge >= 0.3 is 0 Å². The molecule has 0 aromatic carbocycles. The van der Waals surface area contributed by atoms with Gasteiger partial charge in [0.2, 0.25) is 0 Å². The minimum Gasteiger partial charge on any atom is -0.354 e. The minimum atomic E-state index is 0.560. The zero-order valence-corrected chi connectivity index (χ0v) is 11.2. The first-order chi connectivity index (χ1) is 8.79. The van der Waals surface area contributed by atoms with Gasteiger partial charge in [0.1, 0.15) is 12.2 Å². The first kappa shape index (κ1) is 12.9. The fraction of sp³-hybridized carbons (Fsp3) is 0.750. The van der Waals surface area contributed by atoms with E-state index in [4.69, 9.17) is 0 Å². The number of guanidine groups is 1. The molecule has 6 heteroatoms. The molecular formula is C12H22N6. The van der Waals surface area contributed by atoms with Crippen LogP contribution >= 0.6 is 0 Å². The van der Waals surface area contributed by atoms with Crippen LogP contribution in [0, 0.1) is 0 Å². The lowest BCUT2D eigenvalue weighted by Crippen LogP contribution is -2.44. The Morgan fingerprint density at radius 3 is 2.83 bits per heavy atom. The Morgan fingerprint density at radius 1 is 1.44 bits per heavy atom. The van der Waals surface area contributed by atoms with E-state index < -0.39 is 0 Å². The molecule has 1 aliphatic rings. The standard InChI is InChI=1S/C12H22N6/c1-13-12(17-10-6-4-3-5-7-10)14-8-11-15-9-16-18(11)2/h9-10H,3-8H2,1-2H3,(H2,13,14,17). The van der Waals surface area contributed by atoms with Crippen molar-refractivity contribution >= 4 is 5.96 Å². The van der Waals surface area contributed by atoms with Crippen molar-refractivity contribution in [1.82, 2.24) is 25.4 Å². The first-order valence-corrected chi connectivity index (χ1v) is 6.59. The van der Waals surface area contributed by atoms with Crippen LogP contribution in [0.2, 0.25) is 0 Å². The van der Waals surface area contributed by atoms with Gasteiger partial charge in [0.15, 0.2) is 5.96 Å². The van der Waals surface area contributed by atoms with Crippen LogP contribution in [0.25, 0.3) is 0 Å². The minimum absolute atomic E-state index is 0.560. The molecule has 0 unspecified atom stereocenters. The van der Waals surface area contributed by atoms with Gasteiger partial charge in [-0.05, 0) is 12.8 Å². The summed E-state index contributed by atoms with van der Waals surface area (Å²) >= 11 is 0. The van der Waals surface area contributed by atoms with E-state index in [0.29, 0.717) is 12.6 Å². The van der Waals surface area contributed by atoms with E-state index in [9.17, 15) is 0 Å². The van der Waals surface area contributed by atoms with Crippen molar-refractivity contribution in [2.75, 3.05) is 7.05 Å². The predicted octanol–water partition coefficient (Wildman–Crippen LogP) is 0.813. The van der Waals surface area contributed by atoms with Gasteiger partial charge in [0.25, 0.3) is 0 Å². The molecular weight excluding hydrogens is 228 g/mol. The fourth-order valence-electron chi connectivity index (χ4n) is 2.28. The van der Waals surface area contributed by atoms with Crippen LogP contribution in [-0.2, 0) is 13.6 Å². The summed E-state index contributed by atoms with van der Waals surface area (Å²) in [7, 11) is 3.69. The number of aromatic nitrogens is 3. The van der Waals surface area contributed by atoms with Crippen molar-refractivity contribution in [3.8, 4) is 0 Å². The van der Waals surface area contributed by atoms with Gasteiger partial charge in [-0.25, -0.2) is 4.98 Å². The lowest BCUT2D eigenvalue weighted by Gasteiger charge is -2.24. The van der Waals surface area contributed by atoms with E-state index in [1.54, 1.807) is 18.1 Å². The third-order valence-corrected chi connectivity index (χ3v) is 3.39. The van der Waals surface area contributed by atoms with Crippen molar-refractivity contribution < 1.29 is 0 Å². The number of hydrogen-bond donors (Lipinski definition) is 2. The second-order valence-corrected chi connectivity index (χ2v) is 4.70. The second-order valence-electron chi connectivity index (χ2n) is 4.70. The van der Waals surface area contributed by atoms with Crippen LogP contribution in [0.5, 0.6) is 0 Å². The first-order valence-electron chi connectivity index (χ1n) is 6.59. The largest absolute Gasteiger partial charge is 0.354 e. The highest BCUT2D eigenvalue weighted by Gasteiger charge is 2.14. The summed E-state index contributed by atoms with van der Waals surface area (Å²) in [6, 6.07) is 0.560. The number of aliphatic imine (C=N–C) groups is 1. The Bertz CT molecular complexity index is 391. The Morgan fingerprint density at radius 2 is 2.22 bits per heavy atom.